The summed E-state index contributed by atoms with van der Waals surface area (Å²) in [7, 11) is 1.62. The molecule has 2 nitrogen and oxygen atoms in total. The summed E-state index contributed by atoms with van der Waals surface area (Å²) in [4.78, 5) is 1.06. The van der Waals surface area contributed by atoms with Crippen molar-refractivity contribution in [1.29, 1.82) is 0 Å². The zero-order valence-electron chi connectivity index (χ0n) is 10.9. The number of rotatable bonds is 5. The molecular formula is C13H17F3N2S. The van der Waals surface area contributed by atoms with Crippen LogP contribution in [0.5, 0.6) is 0 Å². The molecule has 1 unspecified atom stereocenters. The molecule has 0 saturated carbocycles. The highest BCUT2D eigenvalue weighted by molar-refractivity contribution is 7.80. The van der Waals surface area contributed by atoms with Gasteiger partial charge in [0.1, 0.15) is 5.92 Å². The molecule has 0 amide bonds. The van der Waals surface area contributed by atoms with Crippen LogP contribution in [0.25, 0.3) is 0 Å². The normalized spacial score (nSPS) is 13.6. The van der Waals surface area contributed by atoms with Gasteiger partial charge in [0.15, 0.2) is 0 Å². The largest absolute Gasteiger partial charge is 0.399 e. The third-order valence-corrected chi connectivity index (χ3v) is 3.09. The second kappa shape index (κ2) is 6.34. The van der Waals surface area contributed by atoms with Gasteiger partial charge in [-0.3, -0.25) is 0 Å². The number of alkyl halides is 3. The van der Waals surface area contributed by atoms with Crippen molar-refractivity contribution in [2.45, 2.75) is 19.6 Å². The number of nitrogens with zero attached hydrogens (tertiary/aromatic N) is 1. The molecule has 0 spiro atoms. The molecule has 0 bridgehead atoms. The van der Waals surface area contributed by atoms with E-state index in [1.54, 1.807) is 11.9 Å². The Morgan fingerprint density at radius 2 is 1.84 bits per heavy atom. The monoisotopic (exact) mass is 290 g/mol. The fraction of sp³-hybridized carbons (Fsp3) is 0.462. The zero-order valence-corrected chi connectivity index (χ0v) is 11.7. The minimum atomic E-state index is -4.40. The predicted octanol–water partition coefficient (Wildman–Crippen LogP) is 2.89. The molecule has 0 heterocycles. The molecule has 1 rings (SSSR count). The van der Waals surface area contributed by atoms with E-state index in [1.165, 1.54) is 0 Å². The molecule has 0 aliphatic carbocycles. The van der Waals surface area contributed by atoms with Crippen LogP contribution in [0.1, 0.15) is 11.1 Å². The van der Waals surface area contributed by atoms with Gasteiger partial charge in [-0.2, -0.15) is 13.2 Å². The summed E-state index contributed by atoms with van der Waals surface area (Å²) in [6, 6.07) is 7.65. The molecule has 0 saturated heterocycles. The molecular weight excluding hydrogens is 273 g/mol. The number of benzene rings is 1. The van der Waals surface area contributed by atoms with Gasteiger partial charge in [0.25, 0.3) is 0 Å². The summed E-state index contributed by atoms with van der Waals surface area (Å²) in [6.07, 6.45) is -4.40. The Labute approximate surface area is 116 Å². The second-order valence-corrected chi connectivity index (χ2v) is 5.15. The van der Waals surface area contributed by atoms with Crippen LogP contribution in [0, 0.1) is 12.8 Å². The van der Waals surface area contributed by atoms with E-state index < -0.39 is 17.1 Å². The first kappa shape index (κ1) is 15.9. The van der Waals surface area contributed by atoms with Crippen molar-refractivity contribution in [3.05, 3.63) is 35.4 Å². The average molecular weight is 290 g/mol. The Balaban J connectivity index is 2.65. The predicted molar refractivity (Wildman–Crippen MR) is 73.8 cm³/mol. The fourth-order valence-corrected chi connectivity index (χ4v) is 1.94. The van der Waals surface area contributed by atoms with E-state index in [-0.39, 0.29) is 6.54 Å². The third-order valence-electron chi connectivity index (χ3n) is 2.81. The first-order valence-electron chi connectivity index (χ1n) is 5.80. The highest BCUT2D eigenvalue weighted by atomic mass is 32.1. The van der Waals surface area contributed by atoms with Crippen molar-refractivity contribution in [3.63, 3.8) is 0 Å². The van der Waals surface area contributed by atoms with Crippen LogP contribution in [0.15, 0.2) is 24.3 Å². The first-order valence-corrected chi connectivity index (χ1v) is 6.21. The SMILES string of the molecule is Cc1ccc(CN(C)CC(C(N)=S)C(F)(F)F)cc1. The molecule has 2 N–H and O–H groups in total. The van der Waals surface area contributed by atoms with Gasteiger partial charge in [-0.25, -0.2) is 0 Å². The Morgan fingerprint density at radius 3 is 2.26 bits per heavy atom. The molecule has 0 radical (unpaired) electrons. The average Bonchev–Trinajstić information content (AvgIpc) is 2.27. The number of thiocarbonyl (C=S) groups is 1. The Bertz CT molecular complexity index is 429. The van der Waals surface area contributed by atoms with Gasteiger partial charge in [-0.1, -0.05) is 42.0 Å². The van der Waals surface area contributed by atoms with Gasteiger partial charge in [-0.15, -0.1) is 0 Å². The minimum absolute atomic E-state index is 0.229. The Morgan fingerprint density at radius 1 is 1.32 bits per heavy atom. The van der Waals surface area contributed by atoms with Crippen molar-refractivity contribution in [2.75, 3.05) is 13.6 Å². The van der Waals surface area contributed by atoms with Crippen LogP contribution in [-0.4, -0.2) is 29.7 Å². The van der Waals surface area contributed by atoms with Crippen LogP contribution in [0.3, 0.4) is 0 Å². The number of nitrogens with two attached hydrogens (primary N) is 1. The molecule has 1 aromatic rings. The Hall–Kier alpha value is -1.14. The number of aryl methyl sites for hydroxylation is 1. The van der Waals surface area contributed by atoms with Crippen LogP contribution in [0.4, 0.5) is 13.2 Å². The topological polar surface area (TPSA) is 29.3 Å². The van der Waals surface area contributed by atoms with Crippen LogP contribution >= 0.6 is 12.2 Å². The summed E-state index contributed by atoms with van der Waals surface area (Å²) < 4.78 is 38.2. The number of halogens is 3. The van der Waals surface area contributed by atoms with E-state index in [9.17, 15) is 13.2 Å². The molecule has 1 aromatic carbocycles. The van der Waals surface area contributed by atoms with E-state index in [0.29, 0.717) is 6.54 Å². The fourth-order valence-electron chi connectivity index (χ4n) is 1.74. The van der Waals surface area contributed by atoms with Crippen LogP contribution in [-0.2, 0) is 6.54 Å². The van der Waals surface area contributed by atoms with Gasteiger partial charge >= 0.3 is 6.18 Å². The minimum Gasteiger partial charge on any atom is -0.393 e. The maximum Gasteiger partial charge on any atom is 0.399 e. The maximum atomic E-state index is 12.7. The lowest BCUT2D eigenvalue weighted by Crippen LogP contribution is -2.42. The smallest absolute Gasteiger partial charge is 0.393 e. The molecule has 6 heteroatoms. The maximum absolute atomic E-state index is 12.7. The van der Waals surface area contributed by atoms with Crippen molar-refractivity contribution < 1.29 is 13.2 Å². The summed E-state index contributed by atoms with van der Waals surface area (Å²) in [5, 5.41) is 0. The lowest BCUT2D eigenvalue weighted by atomic mass is 10.1. The van der Waals surface area contributed by atoms with Crippen molar-refractivity contribution in [1.82, 2.24) is 4.90 Å². The standard InChI is InChI=1S/C13H17F3N2S/c1-9-3-5-10(6-4-9)7-18(2)8-11(12(17)19)13(14,15)16/h3-6,11H,7-8H2,1-2H3,(H2,17,19). The quantitative estimate of drug-likeness (QED) is 0.846. The number of hydrogen-bond acceptors (Lipinski definition) is 2. The van der Waals surface area contributed by atoms with Crippen molar-refractivity contribution in [3.8, 4) is 0 Å². The lowest BCUT2D eigenvalue weighted by Gasteiger charge is -2.25. The summed E-state index contributed by atoms with van der Waals surface area (Å²) in [5.41, 5.74) is 7.24. The molecule has 19 heavy (non-hydrogen) atoms. The summed E-state index contributed by atoms with van der Waals surface area (Å²) in [5.74, 6) is -1.77. The summed E-state index contributed by atoms with van der Waals surface area (Å²) >= 11 is 4.50. The van der Waals surface area contributed by atoms with E-state index in [1.807, 2.05) is 31.2 Å². The van der Waals surface area contributed by atoms with Crippen LogP contribution in [0.2, 0.25) is 0 Å². The van der Waals surface area contributed by atoms with Gasteiger partial charge in [0.05, 0.1) is 4.99 Å². The third kappa shape index (κ3) is 5.16. The highest BCUT2D eigenvalue weighted by Crippen LogP contribution is 2.27. The number of hydrogen-bond donors (Lipinski definition) is 1. The van der Waals surface area contributed by atoms with Gasteiger partial charge in [0, 0.05) is 13.1 Å². The second-order valence-electron chi connectivity index (χ2n) is 4.68. The highest BCUT2D eigenvalue weighted by Gasteiger charge is 2.42. The van der Waals surface area contributed by atoms with E-state index >= 15 is 0 Å². The molecule has 1 atom stereocenters. The molecule has 0 aromatic heterocycles. The zero-order chi connectivity index (χ0) is 14.6. The molecule has 0 fully saturated rings. The van der Waals surface area contributed by atoms with E-state index in [2.05, 4.69) is 12.2 Å². The Kier molecular flexibility index (Phi) is 5.31. The van der Waals surface area contributed by atoms with E-state index in [4.69, 9.17) is 5.73 Å². The molecule has 0 aliphatic heterocycles. The lowest BCUT2D eigenvalue weighted by molar-refractivity contribution is -0.158. The van der Waals surface area contributed by atoms with Crippen molar-refractivity contribution in [2.24, 2.45) is 11.7 Å². The molecule has 0 aliphatic rings. The van der Waals surface area contributed by atoms with E-state index in [0.717, 1.165) is 11.1 Å². The molecule has 106 valence electrons. The van der Waals surface area contributed by atoms with Gasteiger partial charge in [0.2, 0.25) is 0 Å². The van der Waals surface area contributed by atoms with Gasteiger partial charge in [-0.05, 0) is 19.5 Å². The van der Waals surface area contributed by atoms with Gasteiger partial charge < -0.3 is 10.6 Å². The van der Waals surface area contributed by atoms with Crippen molar-refractivity contribution >= 4 is 17.2 Å². The first-order chi connectivity index (χ1) is 8.70. The van der Waals surface area contributed by atoms with Crippen LogP contribution < -0.4 is 5.73 Å². The summed E-state index contributed by atoms with van der Waals surface area (Å²) in [6.45, 7) is 2.15.